The van der Waals surface area contributed by atoms with Gasteiger partial charge >= 0.3 is 12.1 Å². The van der Waals surface area contributed by atoms with Crippen LogP contribution in [-0.2, 0) is 30.9 Å². The summed E-state index contributed by atoms with van der Waals surface area (Å²) in [6, 6.07) is 5.73. The van der Waals surface area contributed by atoms with Gasteiger partial charge in [-0.3, -0.25) is 4.98 Å². The molecule has 2 atom stereocenters. The third-order valence-corrected chi connectivity index (χ3v) is 6.28. The molecular formula is C18H25F3N2O6S. The number of carboxylic acids is 1. The minimum Gasteiger partial charge on any atom is -0.475 e. The molecule has 0 aliphatic carbocycles. The highest BCUT2D eigenvalue weighted by Crippen LogP contribution is 2.41. The van der Waals surface area contributed by atoms with Crippen LogP contribution in [-0.4, -0.2) is 73.6 Å². The van der Waals surface area contributed by atoms with Crippen molar-refractivity contribution in [2.75, 3.05) is 32.6 Å². The number of alkyl halides is 3. The first kappa shape index (κ1) is 24.5. The minimum absolute atomic E-state index is 0.0815. The molecule has 0 radical (unpaired) electrons. The van der Waals surface area contributed by atoms with Gasteiger partial charge < -0.3 is 14.6 Å². The molecule has 2 aliphatic rings. The minimum atomic E-state index is -5.08. The van der Waals surface area contributed by atoms with Crippen LogP contribution in [0.4, 0.5) is 13.2 Å². The average molecular weight is 454 g/mol. The van der Waals surface area contributed by atoms with Gasteiger partial charge in [-0.1, -0.05) is 6.07 Å². The first-order valence-electron chi connectivity index (χ1n) is 9.28. The largest absolute Gasteiger partial charge is 0.490 e. The Kier molecular flexibility index (Phi) is 8.20. The van der Waals surface area contributed by atoms with Crippen molar-refractivity contribution in [3.05, 3.63) is 30.1 Å². The number of hydrogen-bond donors (Lipinski definition) is 1. The number of pyridine rings is 1. The fraction of sp³-hybridized carbons (Fsp3) is 0.667. The normalized spacial score (nSPS) is 25.0. The van der Waals surface area contributed by atoms with Crippen molar-refractivity contribution in [1.82, 2.24) is 9.29 Å². The number of piperidine rings is 1. The van der Waals surface area contributed by atoms with E-state index in [1.165, 1.54) is 6.26 Å². The lowest BCUT2D eigenvalue weighted by atomic mass is 9.73. The van der Waals surface area contributed by atoms with Crippen LogP contribution in [0.2, 0.25) is 0 Å². The predicted molar refractivity (Wildman–Crippen MR) is 100 cm³/mol. The standard InChI is InChI=1S/C16H24N2O4S.C2HF3O2/c1-23(19,20)18-9-6-15-16(12-18,7-4-10-22-15)13-21-11-14-5-2-3-8-17-14;3-2(4,5)1(6)7/h2-3,5,8,15H,4,6-7,9-13H2,1H3;(H,6,7). The zero-order valence-corrected chi connectivity index (χ0v) is 17.3. The van der Waals surface area contributed by atoms with Gasteiger partial charge in [0.05, 0.1) is 31.3 Å². The van der Waals surface area contributed by atoms with Gasteiger partial charge in [-0.25, -0.2) is 17.5 Å². The third kappa shape index (κ3) is 6.89. The lowest BCUT2D eigenvalue weighted by Crippen LogP contribution is -2.57. The molecule has 0 amide bonds. The van der Waals surface area contributed by atoms with Gasteiger partial charge in [0.15, 0.2) is 0 Å². The molecule has 1 aromatic rings. The maximum absolute atomic E-state index is 11.9. The average Bonchev–Trinajstić information content (AvgIpc) is 2.67. The molecule has 2 fully saturated rings. The summed E-state index contributed by atoms with van der Waals surface area (Å²) in [5.74, 6) is -2.76. The van der Waals surface area contributed by atoms with Crippen LogP contribution in [0.25, 0.3) is 0 Å². The van der Waals surface area contributed by atoms with Gasteiger partial charge in [0.2, 0.25) is 10.0 Å². The van der Waals surface area contributed by atoms with Gasteiger partial charge in [0, 0.05) is 31.3 Å². The van der Waals surface area contributed by atoms with Crippen molar-refractivity contribution in [3.8, 4) is 0 Å². The quantitative estimate of drug-likeness (QED) is 0.726. The molecule has 8 nitrogen and oxygen atoms in total. The van der Waals surface area contributed by atoms with Gasteiger partial charge in [0.25, 0.3) is 0 Å². The first-order chi connectivity index (χ1) is 13.9. The lowest BCUT2D eigenvalue weighted by molar-refractivity contribution is -0.192. The number of carboxylic acid groups (broad SMARTS) is 1. The topological polar surface area (TPSA) is 106 Å². The number of aliphatic carboxylic acids is 1. The summed E-state index contributed by atoms with van der Waals surface area (Å²) < 4.78 is 69.0. The summed E-state index contributed by atoms with van der Waals surface area (Å²) in [4.78, 5) is 13.2. The summed E-state index contributed by atoms with van der Waals surface area (Å²) in [6.07, 6.45) is 0.639. The number of halogens is 3. The van der Waals surface area contributed by atoms with Crippen molar-refractivity contribution < 1.29 is 41.0 Å². The van der Waals surface area contributed by atoms with Crippen molar-refractivity contribution in [2.24, 2.45) is 5.41 Å². The Morgan fingerprint density at radius 1 is 1.43 bits per heavy atom. The van der Waals surface area contributed by atoms with E-state index in [9.17, 15) is 21.6 Å². The molecule has 2 unspecified atom stereocenters. The molecule has 3 rings (SSSR count). The van der Waals surface area contributed by atoms with E-state index in [2.05, 4.69) is 4.98 Å². The molecule has 0 spiro atoms. The fourth-order valence-corrected chi connectivity index (χ4v) is 4.51. The van der Waals surface area contributed by atoms with Crippen LogP contribution in [0.5, 0.6) is 0 Å². The Balaban J connectivity index is 0.000000396. The highest BCUT2D eigenvalue weighted by atomic mass is 32.2. The molecule has 0 bridgehead atoms. The van der Waals surface area contributed by atoms with E-state index < -0.39 is 22.2 Å². The molecular weight excluding hydrogens is 429 g/mol. The summed E-state index contributed by atoms with van der Waals surface area (Å²) in [5.41, 5.74) is 0.641. The van der Waals surface area contributed by atoms with Crippen molar-refractivity contribution >= 4 is 16.0 Å². The van der Waals surface area contributed by atoms with E-state index in [0.29, 0.717) is 26.3 Å². The van der Waals surface area contributed by atoms with Crippen LogP contribution >= 0.6 is 0 Å². The number of aromatic nitrogens is 1. The number of ether oxygens (including phenoxy) is 2. The van der Waals surface area contributed by atoms with Gasteiger partial charge in [-0.2, -0.15) is 13.2 Å². The molecule has 0 aromatic carbocycles. The molecule has 2 aliphatic heterocycles. The number of nitrogens with zero attached hydrogens (tertiary/aromatic N) is 2. The highest BCUT2D eigenvalue weighted by molar-refractivity contribution is 7.88. The van der Waals surface area contributed by atoms with E-state index in [4.69, 9.17) is 19.4 Å². The Labute approximate surface area is 173 Å². The van der Waals surface area contributed by atoms with Gasteiger partial charge in [-0.05, 0) is 31.4 Å². The van der Waals surface area contributed by atoms with E-state index in [0.717, 1.165) is 31.6 Å². The van der Waals surface area contributed by atoms with Crippen LogP contribution in [0, 0.1) is 5.41 Å². The molecule has 2 saturated heterocycles. The Bertz CT molecular complexity index is 806. The second-order valence-electron chi connectivity index (χ2n) is 7.33. The van der Waals surface area contributed by atoms with E-state index in [1.807, 2.05) is 18.2 Å². The summed E-state index contributed by atoms with van der Waals surface area (Å²) in [7, 11) is -3.18. The molecule has 12 heteroatoms. The van der Waals surface area contributed by atoms with Crippen molar-refractivity contribution in [1.29, 1.82) is 0 Å². The number of hydrogen-bond acceptors (Lipinski definition) is 6. The monoisotopic (exact) mass is 454 g/mol. The zero-order chi connectivity index (χ0) is 22.4. The molecule has 170 valence electrons. The third-order valence-electron chi connectivity index (χ3n) is 5.03. The molecule has 0 saturated carbocycles. The van der Waals surface area contributed by atoms with E-state index >= 15 is 0 Å². The van der Waals surface area contributed by atoms with Crippen molar-refractivity contribution in [3.63, 3.8) is 0 Å². The summed E-state index contributed by atoms with van der Waals surface area (Å²) >= 11 is 0. The molecule has 1 N–H and O–H groups in total. The molecule has 1 aromatic heterocycles. The first-order valence-corrected chi connectivity index (χ1v) is 11.1. The lowest BCUT2D eigenvalue weighted by Gasteiger charge is -2.49. The van der Waals surface area contributed by atoms with Crippen LogP contribution in [0.3, 0.4) is 0 Å². The van der Waals surface area contributed by atoms with Crippen LogP contribution in [0.1, 0.15) is 25.0 Å². The number of rotatable bonds is 5. The van der Waals surface area contributed by atoms with Gasteiger partial charge in [0.1, 0.15) is 0 Å². The maximum Gasteiger partial charge on any atom is 0.490 e. The predicted octanol–water partition coefficient (Wildman–Crippen LogP) is 2.06. The smallest absolute Gasteiger partial charge is 0.475 e. The Morgan fingerprint density at radius 2 is 2.13 bits per heavy atom. The Morgan fingerprint density at radius 3 is 2.70 bits per heavy atom. The number of sulfonamides is 1. The zero-order valence-electron chi connectivity index (χ0n) is 16.5. The molecule has 30 heavy (non-hydrogen) atoms. The van der Waals surface area contributed by atoms with Crippen molar-refractivity contribution in [2.45, 2.75) is 38.1 Å². The maximum atomic E-state index is 11.9. The van der Waals surface area contributed by atoms with E-state index in [1.54, 1.807) is 10.5 Å². The van der Waals surface area contributed by atoms with E-state index in [-0.39, 0.29) is 11.5 Å². The molecule has 3 heterocycles. The fourth-order valence-electron chi connectivity index (χ4n) is 3.59. The summed E-state index contributed by atoms with van der Waals surface area (Å²) in [6.45, 7) is 2.71. The highest BCUT2D eigenvalue weighted by Gasteiger charge is 2.48. The SMILES string of the molecule is CS(=O)(=O)N1CCC2OCCCC2(COCc2ccccn2)C1.O=C(O)C(F)(F)F. The Hall–Kier alpha value is -1.76. The number of carbonyl (C=O) groups is 1. The van der Waals surface area contributed by atoms with Crippen LogP contribution < -0.4 is 0 Å². The number of fused-ring (bicyclic) bond motifs is 1. The second-order valence-corrected chi connectivity index (χ2v) is 9.31. The summed E-state index contributed by atoms with van der Waals surface area (Å²) in [5, 5.41) is 7.12. The van der Waals surface area contributed by atoms with Gasteiger partial charge in [-0.15, -0.1) is 0 Å². The second kappa shape index (κ2) is 10.0. The van der Waals surface area contributed by atoms with Crippen LogP contribution in [0.15, 0.2) is 24.4 Å².